The number of hydrogen-bond acceptors (Lipinski definition) is 6. The van der Waals surface area contributed by atoms with Gasteiger partial charge in [-0.3, -0.25) is 0 Å². The van der Waals surface area contributed by atoms with Gasteiger partial charge in [0, 0.05) is 5.75 Å². The van der Waals surface area contributed by atoms with Crippen molar-refractivity contribution in [2.75, 3.05) is 19.0 Å². The topological polar surface area (TPSA) is 61.8 Å². The quantitative estimate of drug-likeness (QED) is 0.461. The molecule has 0 N–H and O–H groups in total. The number of benzene rings is 2. The number of aryl methyl sites for hydroxylation is 2. The van der Waals surface area contributed by atoms with Gasteiger partial charge in [0.25, 0.3) is 0 Å². The van der Waals surface area contributed by atoms with E-state index in [0.29, 0.717) is 23.5 Å². The van der Waals surface area contributed by atoms with Crippen LogP contribution in [0.25, 0.3) is 0 Å². The molecule has 0 radical (unpaired) electrons. The normalized spacial score (nSPS) is 20.5. The summed E-state index contributed by atoms with van der Waals surface area (Å²) in [6, 6.07) is 14.4. The maximum atomic E-state index is 12.7. The fraction of sp³-hybridized carbons (Fsp3) is 0.333. The van der Waals surface area contributed by atoms with Gasteiger partial charge in [0.1, 0.15) is 18.8 Å². The predicted octanol–water partition coefficient (Wildman–Crippen LogP) is 4.37. The zero-order valence-electron chi connectivity index (χ0n) is 17.2. The number of ether oxygens (including phenoxy) is 3. The number of carbonyl (C=O) groups is 2. The van der Waals surface area contributed by atoms with Crippen molar-refractivity contribution in [3.63, 3.8) is 0 Å². The minimum atomic E-state index is -0.519. The summed E-state index contributed by atoms with van der Waals surface area (Å²) in [6.45, 7) is 8.09. The summed E-state index contributed by atoms with van der Waals surface area (Å²) in [6.07, 6.45) is 0.855. The molecule has 158 valence electrons. The molecule has 0 spiro atoms. The van der Waals surface area contributed by atoms with E-state index in [-0.39, 0.29) is 18.0 Å². The van der Waals surface area contributed by atoms with E-state index in [1.807, 2.05) is 38.1 Å². The van der Waals surface area contributed by atoms with Crippen molar-refractivity contribution in [2.45, 2.75) is 31.3 Å². The van der Waals surface area contributed by atoms with E-state index in [9.17, 15) is 9.59 Å². The molecule has 1 fully saturated rings. The molecule has 0 aromatic heterocycles. The molecule has 1 aliphatic rings. The molecule has 3 rings (SSSR count). The summed E-state index contributed by atoms with van der Waals surface area (Å²) in [5.74, 6) is -0.161. The summed E-state index contributed by atoms with van der Waals surface area (Å²) >= 11 is 1.57. The Kier molecular flexibility index (Phi) is 7.71. The van der Waals surface area contributed by atoms with Crippen molar-refractivity contribution in [1.29, 1.82) is 0 Å². The molecule has 30 heavy (non-hydrogen) atoms. The Morgan fingerprint density at radius 2 is 1.57 bits per heavy atom. The Morgan fingerprint density at radius 1 is 1.00 bits per heavy atom. The Labute approximate surface area is 181 Å². The third-order valence-electron chi connectivity index (χ3n) is 4.83. The third-order valence-corrected chi connectivity index (χ3v) is 6.19. The Bertz CT molecular complexity index is 875. The summed E-state index contributed by atoms with van der Waals surface area (Å²) < 4.78 is 17.1. The van der Waals surface area contributed by atoms with Crippen LogP contribution in [0.4, 0.5) is 0 Å². The van der Waals surface area contributed by atoms with E-state index in [0.717, 1.165) is 11.1 Å². The molecule has 0 aliphatic carbocycles. The molecule has 0 unspecified atom stereocenters. The molecular formula is C24H26O5S. The zero-order valence-corrected chi connectivity index (χ0v) is 18.0. The van der Waals surface area contributed by atoms with Gasteiger partial charge in [0.05, 0.1) is 23.0 Å². The second-order valence-electron chi connectivity index (χ2n) is 7.23. The Hall–Kier alpha value is -2.57. The first-order chi connectivity index (χ1) is 14.5. The first kappa shape index (κ1) is 22.1. The molecule has 1 saturated heterocycles. The minimum Gasteiger partial charge on any atom is -0.461 e. The monoisotopic (exact) mass is 426 g/mol. The number of rotatable bonds is 8. The largest absolute Gasteiger partial charge is 0.461 e. The van der Waals surface area contributed by atoms with Crippen LogP contribution in [-0.2, 0) is 14.2 Å². The Morgan fingerprint density at radius 3 is 2.13 bits per heavy atom. The molecule has 1 aliphatic heterocycles. The first-order valence-electron chi connectivity index (χ1n) is 9.83. The van der Waals surface area contributed by atoms with Crippen LogP contribution in [0.2, 0.25) is 0 Å². The zero-order chi connectivity index (χ0) is 21.5. The molecule has 3 atom stereocenters. The van der Waals surface area contributed by atoms with Crippen LogP contribution in [-0.4, -0.2) is 48.4 Å². The molecular weight excluding hydrogens is 400 g/mol. The molecule has 6 heteroatoms. The second kappa shape index (κ2) is 10.5. The Balaban J connectivity index is 1.66. The van der Waals surface area contributed by atoms with Gasteiger partial charge in [-0.25, -0.2) is 9.59 Å². The van der Waals surface area contributed by atoms with Crippen LogP contribution < -0.4 is 0 Å². The van der Waals surface area contributed by atoms with Crippen LogP contribution in [0.1, 0.15) is 31.8 Å². The highest BCUT2D eigenvalue weighted by atomic mass is 32.2. The lowest BCUT2D eigenvalue weighted by atomic mass is 10.1. The maximum Gasteiger partial charge on any atom is 0.338 e. The average Bonchev–Trinajstić information content (AvgIpc) is 3.12. The van der Waals surface area contributed by atoms with Crippen LogP contribution >= 0.6 is 11.8 Å². The van der Waals surface area contributed by atoms with Crippen LogP contribution in [0.3, 0.4) is 0 Å². The summed E-state index contributed by atoms with van der Waals surface area (Å²) in [5.41, 5.74) is 3.12. The van der Waals surface area contributed by atoms with Crippen molar-refractivity contribution in [2.24, 2.45) is 0 Å². The van der Waals surface area contributed by atoms with Crippen molar-refractivity contribution < 1.29 is 23.8 Å². The number of esters is 2. The van der Waals surface area contributed by atoms with Crippen LogP contribution in [0.5, 0.6) is 0 Å². The van der Waals surface area contributed by atoms with Gasteiger partial charge in [0.15, 0.2) is 0 Å². The lowest BCUT2D eigenvalue weighted by molar-refractivity contribution is -0.0359. The molecule has 2 aromatic rings. The van der Waals surface area contributed by atoms with E-state index in [2.05, 4.69) is 6.58 Å². The third kappa shape index (κ3) is 5.74. The first-order valence-corrected chi connectivity index (χ1v) is 10.9. The summed E-state index contributed by atoms with van der Waals surface area (Å²) in [4.78, 5) is 25.0. The van der Waals surface area contributed by atoms with Crippen LogP contribution in [0.15, 0.2) is 61.2 Å². The molecule has 0 amide bonds. The predicted molar refractivity (Wildman–Crippen MR) is 118 cm³/mol. The van der Waals surface area contributed by atoms with E-state index in [4.69, 9.17) is 14.2 Å². The van der Waals surface area contributed by atoms with E-state index in [1.165, 1.54) is 0 Å². The molecule has 0 bridgehead atoms. The van der Waals surface area contributed by atoms with Gasteiger partial charge in [-0.2, -0.15) is 0 Å². The fourth-order valence-corrected chi connectivity index (χ4v) is 4.40. The summed E-state index contributed by atoms with van der Waals surface area (Å²) in [5, 5.41) is -0.205. The lowest BCUT2D eigenvalue weighted by Gasteiger charge is -2.24. The van der Waals surface area contributed by atoms with Crippen molar-refractivity contribution >= 4 is 23.7 Å². The highest BCUT2D eigenvalue weighted by Crippen LogP contribution is 2.33. The average molecular weight is 427 g/mol. The van der Waals surface area contributed by atoms with Gasteiger partial charge in [-0.1, -0.05) is 41.5 Å². The number of carbonyl (C=O) groups excluding carboxylic acids is 2. The highest BCUT2D eigenvalue weighted by Gasteiger charge is 2.41. The number of thioether (sulfide) groups is 1. The smallest absolute Gasteiger partial charge is 0.338 e. The van der Waals surface area contributed by atoms with Crippen molar-refractivity contribution in [3.05, 3.63) is 83.4 Å². The van der Waals surface area contributed by atoms with Gasteiger partial charge in [-0.15, -0.1) is 18.3 Å². The number of hydrogen-bond donors (Lipinski definition) is 0. The molecule has 2 aromatic carbocycles. The van der Waals surface area contributed by atoms with E-state index in [1.54, 1.807) is 42.1 Å². The molecule has 0 saturated carbocycles. The van der Waals surface area contributed by atoms with E-state index >= 15 is 0 Å². The minimum absolute atomic E-state index is 0.136. The molecule has 1 heterocycles. The fourth-order valence-electron chi connectivity index (χ4n) is 3.09. The van der Waals surface area contributed by atoms with Crippen LogP contribution in [0, 0.1) is 13.8 Å². The maximum absolute atomic E-state index is 12.7. The lowest BCUT2D eigenvalue weighted by Crippen LogP contribution is -2.39. The van der Waals surface area contributed by atoms with Gasteiger partial charge >= 0.3 is 11.9 Å². The second-order valence-corrected chi connectivity index (χ2v) is 8.50. The van der Waals surface area contributed by atoms with E-state index < -0.39 is 18.0 Å². The standard InChI is InChI=1S/C24H26O5S/c1-4-13-27-20-15-30-21(14-28-23(25)18-9-5-16(2)6-10-18)22(20)29-24(26)19-11-7-17(3)8-12-19/h4-12,20-22H,1,13-15H2,2-3H3/t20-,21-,22-/m1/s1. The van der Waals surface area contributed by atoms with Gasteiger partial charge < -0.3 is 14.2 Å². The van der Waals surface area contributed by atoms with Gasteiger partial charge in [-0.05, 0) is 38.1 Å². The van der Waals surface area contributed by atoms with Gasteiger partial charge in [0.2, 0.25) is 0 Å². The highest BCUT2D eigenvalue weighted by molar-refractivity contribution is 8.00. The summed E-state index contributed by atoms with van der Waals surface area (Å²) in [7, 11) is 0. The van der Waals surface area contributed by atoms with Crippen molar-refractivity contribution in [1.82, 2.24) is 0 Å². The molecule has 5 nitrogen and oxygen atoms in total. The van der Waals surface area contributed by atoms with Crippen molar-refractivity contribution in [3.8, 4) is 0 Å². The SMILES string of the molecule is C=CCO[C@@H]1CS[C@H](COC(=O)c2ccc(C)cc2)[C@@H]1OC(=O)c1ccc(C)cc1.